The van der Waals surface area contributed by atoms with E-state index >= 15 is 0 Å². The number of rotatable bonds is 8. The maximum absolute atomic E-state index is 14.9. The average Bonchev–Trinajstić information content (AvgIpc) is 3.21. The molecule has 0 spiro atoms. The highest BCUT2D eigenvalue weighted by Gasteiger charge is 2.33. The van der Waals surface area contributed by atoms with Crippen LogP contribution in [0, 0.1) is 25.6 Å². The van der Waals surface area contributed by atoms with Crippen molar-refractivity contribution in [2.45, 2.75) is 65.7 Å². The molecule has 0 amide bonds. The molecule has 0 aromatic heterocycles. The van der Waals surface area contributed by atoms with Crippen molar-refractivity contribution < 1.29 is 23.0 Å². The van der Waals surface area contributed by atoms with E-state index in [1.165, 1.54) is 17.2 Å². The highest BCUT2D eigenvalue weighted by molar-refractivity contribution is 5.72. The second-order valence-corrected chi connectivity index (χ2v) is 10.5. The van der Waals surface area contributed by atoms with E-state index in [9.17, 15) is 8.78 Å². The first-order chi connectivity index (χ1) is 17.7. The Morgan fingerprint density at radius 3 is 2.46 bits per heavy atom. The van der Waals surface area contributed by atoms with Crippen LogP contribution in [0.3, 0.4) is 0 Å². The number of halogens is 2. The highest BCUT2D eigenvalue weighted by Crippen LogP contribution is 2.36. The van der Waals surface area contributed by atoms with Crippen LogP contribution in [0.4, 0.5) is 8.78 Å². The molecule has 1 aliphatic carbocycles. The average molecular weight is 509 g/mol. The fraction of sp³-hybridized carbons (Fsp3) is 0.438. The van der Waals surface area contributed by atoms with Gasteiger partial charge >= 0.3 is 0 Å². The van der Waals surface area contributed by atoms with Crippen LogP contribution in [0.1, 0.15) is 56.2 Å². The molecule has 2 fully saturated rings. The molecule has 1 saturated carbocycles. The zero-order chi connectivity index (χ0) is 26.6. The summed E-state index contributed by atoms with van der Waals surface area (Å²) in [6.45, 7) is 13.3. The monoisotopic (exact) mass is 508 g/mol. The van der Waals surface area contributed by atoms with Gasteiger partial charge in [0.05, 0.1) is 0 Å². The lowest BCUT2D eigenvalue weighted by Crippen LogP contribution is -2.37. The molecule has 0 N–H and O–H groups in total. The Hall–Kier alpha value is -2.92. The van der Waals surface area contributed by atoms with Crippen molar-refractivity contribution in [3.63, 3.8) is 0 Å². The molecule has 5 heteroatoms. The summed E-state index contributed by atoms with van der Waals surface area (Å²) in [6, 6.07) is 8.93. The minimum absolute atomic E-state index is 0.0150. The van der Waals surface area contributed by atoms with Crippen LogP contribution in [-0.4, -0.2) is 25.5 Å². The van der Waals surface area contributed by atoms with Crippen molar-refractivity contribution in [2.24, 2.45) is 5.92 Å². The predicted octanol–water partition coefficient (Wildman–Crippen LogP) is 8.34. The minimum Gasteiger partial charge on any atom is -0.490 e. The van der Waals surface area contributed by atoms with Crippen LogP contribution < -0.4 is 4.74 Å². The summed E-state index contributed by atoms with van der Waals surface area (Å²) in [5.74, 6) is 1.48. The Labute approximate surface area is 219 Å². The zero-order valence-electron chi connectivity index (χ0n) is 22.5. The summed E-state index contributed by atoms with van der Waals surface area (Å²) in [7, 11) is 0. The van der Waals surface area contributed by atoms with Gasteiger partial charge in [-0.3, -0.25) is 0 Å². The summed E-state index contributed by atoms with van der Waals surface area (Å²) < 4.78 is 46.6. The Morgan fingerprint density at radius 1 is 1.11 bits per heavy atom. The van der Waals surface area contributed by atoms with Crippen LogP contribution in [0.2, 0.25) is 0 Å². The Kier molecular flexibility index (Phi) is 8.53. The fourth-order valence-corrected chi connectivity index (χ4v) is 5.34. The summed E-state index contributed by atoms with van der Waals surface area (Å²) in [6.07, 6.45) is 6.90. The number of allylic oxidation sites excluding steroid dienone is 4. The van der Waals surface area contributed by atoms with E-state index in [1.807, 2.05) is 38.1 Å². The van der Waals surface area contributed by atoms with E-state index in [1.54, 1.807) is 6.07 Å². The van der Waals surface area contributed by atoms with Gasteiger partial charge in [0.15, 0.2) is 0 Å². The largest absolute Gasteiger partial charge is 0.490 e. The van der Waals surface area contributed by atoms with E-state index < -0.39 is 5.67 Å². The lowest BCUT2D eigenvalue weighted by Gasteiger charge is -2.29. The molecule has 1 unspecified atom stereocenters. The van der Waals surface area contributed by atoms with Gasteiger partial charge in [-0.15, -0.1) is 0 Å². The third kappa shape index (κ3) is 6.70. The Morgan fingerprint density at radius 2 is 1.78 bits per heavy atom. The minimum atomic E-state index is -1.35. The number of hydrogen-bond donors (Lipinski definition) is 0. The number of ether oxygens (including phenoxy) is 3. The molecule has 2 aromatic carbocycles. The second-order valence-electron chi connectivity index (χ2n) is 10.5. The van der Waals surface area contributed by atoms with Gasteiger partial charge in [0.25, 0.3) is 0 Å². The molecule has 2 aromatic rings. The van der Waals surface area contributed by atoms with Gasteiger partial charge in [-0.2, -0.15) is 0 Å². The van der Waals surface area contributed by atoms with Crippen LogP contribution in [0.5, 0.6) is 5.75 Å². The molecule has 1 saturated heterocycles. The Balaban J connectivity index is 1.46. The third-order valence-electron chi connectivity index (χ3n) is 7.37. The van der Waals surface area contributed by atoms with Crippen LogP contribution in [-0.2, 0) is 16.1 Å². The molecule has 2 aliphatic rings. The molecule has 0 radical (unpaired) electrons. The van der Waals surface area contributed by atoms with Gasteiger partial charge < -0.3 is 14.2 Å². The number of benzene rings is 2. The van der Waals surface area contributed by atoms with Crippen molar-refractivity contribution >= 4 is 0 Å². The van der Waals surface area contributed by atoms with Gasteiger partial charge in [-0.1, -0.05) is 25.6 Å². The lowest BCUT2D eigenvalue weighted by molar-refractivity contribution is -0.0323. The zero-order valence-corrected chi connectivity index (χ0v) is 22.5. The van der Waals surface area contributed by atoms with E-state index in [4.69, 9.17) is 14.2 Å². The SMILES string of the molecule is C=C(/C=C1/CC(C)C/C1=C/C)OCc1cc(-c2c(C)cc(OCC3(F)CCOCC3)cc2C)ccc1F. The second kappa shape index (κ2) is 11.6. The topological polar surface area (TPSA) is 27.7 Å². The molecule has 1 heterocycles. The van der Waals surface area contributed by atoms with Crippen molar-refractivity contribution in [3.8, 4) is 16.9 Å². The van der Waals surface area contributed by atoms with Gasteiger partial charge in [-0.25, -0.2) is 8.78 Å². The van der Waals surface area contributed by atoms with Crippen molar-refractivity contribution in [1.29, 1.82) is 0 Å². The molecule has 3 nitrogen and oxygen atoms in total. The predicted molar refractivity (Wildman–Crippen MR) is 145 cm³/mol. The normalized spacial score (nSPS) is 21.4. The van der Waals surface area contributed by atoms with E-state index in [-0.39, 0.29) is 19.0 Å². The number of hydrogen-bond acceptors (Lipinski definition) is 3. The molecule has 198 valence electrons. The Bertz CT molecular complexity index is 1180. The van der Waals surface area contributed by atoms with Crippen LogP contribution in [0.15, 0.2) is 66.0 Å². The maximum Gasteiger partial charge on any atom is 0.149 e. The molecule has 1 atom stereocenters. The summed E-state index contributed by atoms with van der Waals surface area (Å²) in [5, 5.41) is 0. The standard InChI is InChI=1S/C32H38F2O3/c1-6-25-13-21(2)14-27(25)17-24(5)36-19-28-18-26(7-8-30(28)33)31-22(3)15-29(16-23(31)4)37-20-32(34)9-11-35-12-10-32/h6-8,15-18,21H,5,9-14,19-20H2,1-4H3/b25-6-,27-17-. The first-order valence-electron chi connectivity index (χ1n) is 13.1. The van der Waals surface area contributed by atoms with E-state index in [0.29, 0.717) is 49.0 Å². The van der Waals surface area contributed by atoms with Crippen molar-refractivity contribution in [3.05, 3.63) is 88.5 Å². The van der Waals surface area contributed by atoms with Gasteiger partial charge in [0.2, 0.25) is 0 Å². The maximum atomic E-state index is 14.9. The van der Waals surface area contributed by atoms with Gasteiger partial charge in [-0.05, 0) is 103 Å². The lowest BCUT2D eigenvalue weighted by atomic mass is 9.94. The highest BCUT2D eigenvalue weighted by atomic mass is 19.1. The molecular weight excluding hydrogens is 470 g/mol. The van der Waals surface area contributed by atoms with Crippen LogP contribution >= 0.6 is 0 Å². The van der Waals surface area contributed by atoms with Crippen molar-refractivity contribution in [2.75, 3.05) is 19.8 Å². The quantitative estimate of drug-likeness (QED) is 0.336. The smallest absolute Gasteiger partial charge is 0.149 e. The van der Waals surface area contributed by atoms with E-state index in [0.717, 1.165) is 35.1 Å². The third-order valence-corrected chi connectivity index (χ3v) is 7.37. The molecule has 0 bridgehead atoms. The van der Waals surface area contributed by atoms with Crippen molar-refractivity contribution in [1.82, 2.24) is 0 Å². The first kappa shape index (κ1) is 27.1. The van der Waals surface area contributed by atoms with Crippen LogP contribution in [0.25, 0.3) is 11.1 Å². The molecule has 1 aliphatic heterocycles. The summed E-state index contributed by atoms with van der Waals surface area (Å²) in [5.41, 5.74) is 5.58. The summed E-state index contributed by atoms with van der Waals surface area (Å²) in [4.78, 5) is 0. The number of alkyl halides is 1. The number of aryl methyl sites for hydroxylation is 2. The van der Waals surface area contributed by atoms with Gasteiger partial charge in [0.1, 0.15) is 36.2 Å². The van der Waals surface area contributed by atoms with Gasteiger partial charge in [0, 0.05) is 31.6 Å². The van der Waals surface area contributed by atoms with E-state index in [2.05, 4.69) is 26.5 Å². The molecular formula is C32H38F2O3. The molecule has 37 heavy (non-hydrogen) atoms. The first-order valence-corrected chi connectivity index (χ1v) is 13.1. The summed E-state index contributed by atoms with van der Waals surface area (Å²) >= 11 is 0. The molecule has 4 rings (SSSR count). The fourth-order valence-electron chi connectivity index (χ4n) is 5.34.